The zero-order valence-electron chi connectivity index (χ0n) is 14.0. The van der Waals surface area contributed by atoms with E-state index in [4.69, 9.17) is 4.52 Å². The van der Waals surface area contributed by atoms with Crippen LogP contribution in [0.25, 0.3) is 0 Å². The van der Waals surface area contributed by atoms with E-state index < -0.39 is 0 Å². The number of nitrogens with zero attached hydrogens (tertiary/aromatic N) is 4. The molecule has 4 rings (SSSR count). The van der Waals surface area contributed by atoms with Crippen molar-refractivity contribution < 1.29 is 9.32 Å². The Kier molecular flexibility index (Phi) is 4.09. The summed E-state index contributed by atoms with van der Waals surface area (Å²) in [6, 6.07) is 10.2. The molecule has 0 N–H and O–H groups in total. The van der Waals surface area contributed by atoms with Crippen LogP contribution in [-0.2, 0) is 0 Å². The van der Waals surface area contributed by atoms with Gasteiger partial charge in [-0.1, -0.05) is 35.5 Å². The van der Waals surface area contributed by atoms with Crippen LogP contribution >= 0.6 is 11.3 Å². The molecule has 0 aliphatic carbocycles. The molecule has 1 fully saturated rings. The van der Waals surface area contributed by atoms with E-state index in [0.717, 1.165) is 5.01 Å². The van der Waals surface area contributed by atoms with Crippen LogP contribution in [0.15, 0.2) is 40.2 Å². The molecule has 128 valence electrons. The Bertz CT molecular complexity index is 889. The molecule has 0 bridgehead atoms. The molecule has 2 aromatic heterocycles. The molecule has 1 amide bonds. The van der Waals surface area contributed by atoms with Crippen molar-refractivity contribution in [3.63, 3.8) is 0 Å². The van der Waals surface area contributed by atoms with Gasteiger partial charge in [0.25, 0.3) is 5.91 Å². The molecule has 7 heteroatoms. The second-order valence-corrected chi connectivity index (χ2v) is 7.33. The van der Waals surface area contributed by atoms with Crippen molar-refractivity contribution in [2.45, 2.75) is 25.7 Å². The molecule has 1 saturated heterocycles. The number of aryl methyl sites for hydroxylation is 2. The summed E-state index contributed by atoms with van der Waals surface area (Å²) in [7, 11) is 0. The predicted octanol–water partition coefficient (Wildman–Crippen LogP) is 3.17. The lowest BCUT2D eigenvalue weighted by atomic mass is 9.89. The van der Waals surface area contributed by atoms with E-state index in [1.165, 1.54) is 16.9 Å². The molecule has 0 saturated carbocycles. The van der Waals surface area contributed by atoms with Gasteiger partial charge in [-0.25, -0.2) is 4.98 Å². The zero-order chi connectivity index (χ0) is 17.4. The monoisotopic (exact) mass is 354 g/mol. The summed E-state index contributed by atoms with van der Waals surface area (Å²) in [5.41, 5.74) is 1.68. The van der Waals surface area contributed by atoms with Gasteiger partial charge in [0, 0.05) is 24.4 Å². The van der Waals surface area contributed by atoms with Crippen molar-refractivity contribution in [1.29, 1.82) is 0 Å². The quantitative estimate of drug-likeness (QED) is 0.722. The molecule has 6 nitrogen and oxygen atoms in total. The van der Waals surface area contributed by atoms with Crippen LogP contribution in [0.4, 0.5) is 0 Å². The fraction of sp³-hybridized carbons (Fsp3) is 0.333. The summed E-state index contributed by atoms with van der Waals surface area (Å²) in [5, 5.41) is 6.63. The molecule has 3 aromatic rings. The summed E-state index contributed by atoms with van der Waals surface area (Å²) in [4.78, 5) is 23.4. The molecule has 1 aliphatic heterocycles. The third kappa shape index (κ3) is 3.07. The second kappa shape index (κ2) is 6.40. The first-order valence-corrected chi connectivity index (χ1v) is 9.06. The number of aromatic nitrogens is 3. The summed E-state index contributed by atoms with van der Waals surface area (Å²) in [6.45, 7) is 4.88. The van der Waals surface area contributed by atoms with Crippen LogP contribution < -0.4 is 0 Å². The van der Waals surface area contributed by atoms with Gasteiger partial charge in [0.1, 0.15) is 5.69 Å². The smallest absolute Gasteiger partial charge is 0.273 e. The van der Waals surface area contributed by atoms with Crippen molar-refractivity contribution in [1.82, 2.24) is 20.0 Å². The van der Waals surface area contributed by atoms with E-state index >= 15 is 0 Å². The van der Waals surface area contributed by atoms with Crippen LogP contribution in [-0.4, -0.2) is 39.0 Å². The lowest BCUT2D eigenvalue weighted by Crippen LogP contribution is -2.29. The molecule has 25 heavy (non-hydrogen) atoms. The first kappa shape index (κ1) is 16.0. The number of amides is 1. The largest absolute Gasteiger partial charge is 0.339 e. The van der Waals surface area contributed by atoms with Gasteiger partial charge in [0.2, 0.25) is 5.89 Å². The van der Waals surface area contributed by atoms with Crippen molar-refractivity contribution in [2.75, 3.05) is 13.1 Å². The average molecular weight is 354 g/mol. The molecular weight excluding hydrogens is 336 g/mol. The van der Waals surface area contributed by atoms with Gasteiger partial charge in [-0.15, -0.1) is 11.3 Å². The minimum Gasteiger partial charge on any atom is -0.339 e. The molecule has 1 aromatic carbocycles. The maximum absolute atomic E-state index is 12.8. The van der Waals surface area contributed by atoms with Gasteiger partial charge in [0.15, 0.2) is 5.82 Å². The lowest BCUT2D eigenvalue weighted by Gasteiger charge is -2.15. The number of carbonyl (C=O) groups is 1. The van der Waals surface area contributed by atoms with E-state index in [-0.39, 0.29) is 17.7 Å². The van der Waals surface area contributed by atoms with Gasteiger partial charge >= 0.3 is 0 Å². The highest BCUT2D eigenvalue weighted by Gasteiger charge is 2.40. The average Bonchev–Trinajstić information content (AvgIpc) is 3.34. The first-order chi connectivity index (χ1) is 12.1. The standard InChI is InChI=1S/C18H18N4O2S/c1-11-19-17(24-21-11)15-9-22(18(23)16-10-25-12(2)20-16)8-14(15)13-6-4-3-5-7-13/h3-7,10,14-15H,8-9H2,1-2H3/t14-,15-/m0/s1. The fourth-order valence-corrected chi connectivity index (χ4v) is 3.93. The maximum Gasteiger partial charge on any atom is 0.273 e. The number of hydrogen-bond donors (Lipinski definition) is 0. The Morgan fingerprint density at radius 2 is 1.92 bits per heavy atom. The molecule has 0 radical (unpaired) electrons. The third-order valence-corrected chi connectivity index (χ3v) is 5.31. The Morgan fingerprint density at radius 1 is 1.16 bits per heavy atom. The number of hydrogen-bond acceptors (Lipinski definition) is 6. The molecular formula is C18H18N4O2S. The van der Waals surface area contributed by atoms with E-state index in [9.17, 15) is 4.79 Å². The number of thiazole rings is 1. The van der Waals surface area contributed by atoms with Crippen LogP contribution in [0.1, 0.15) is 44.6 Å². The summed E-state index contributed by atoms with van der Waals surface area (Å²) in [5.74, 6) is 1.29. The second-order valence-electron chi connectivity index (χ2n) is 6.27. The number of benzene rings is 1. The summed E-state index contributed by atoms with van der Waals surface area (Å²) < 4.78 is 5.43. The van der Waals surface area contributed by atoms with E-state index in [2.05, 4.69) is 27.3 Å². The predicted molar refractivity (Wildman–Crippen MR) is 93.7 cm³/mol. The van der Waals surface area contributed by atoms with E-state index in [1.54, 1.807) is 6.92 Å². The Hall–Kier alpha value is -2.54. The van der Waals surface area contributed by atoms with E-state index in [1.807, 2.05) is 35.4 Å². The van der Waals surface area contributed by atoms with E-state index in [0.29, 0.717) is 30.5 Å². The highest BCUT2D eigenvalue weighted by atomic mass is 32.1. The normalized spacial score (nSPS) is 20.2. The molecule has 0 spiro atoms. The van der Waals surface area contributed by atoms with Gasteiger partial charge in [-0.05, 0) is 19.4 Å². The van der Waals surface area contributed by atoms with Gasteiger partial charge in [-0.3, -0.25) is 4.79 Å². The topological polar surface area (TPSA) is 72.1 Å². The Morgan fingerprint density at radius 3 is 2.56 bits per heavy atom. The minimum atomic E-state index is -0.0379. The van der Waals surface area contributed by atoms with Crippen LogP contribution in [0.5, 0.6) is 0 Å². The zero-order valence-corrected chi connectivity index (χ0v) is 14.9. The Labute approximate surface area is 149 Å². The lowest BCUT2D eigenvalue weighted by molar-refractivity contribution is 0.0783. The molecule has 0 unspecified atom stereocenters. The SMILES string of the molecule is Cc1noc([C@H]2CN(C(=O)c3csc(C)n3)C[C@H]2c2ccccc2)n1. The number of rotatable bonds is 3. The molecule has 1 aliphatic rings. The van der Waals surface area contributed by atoms with Gasteiger partial charge in [0.05, 0.1) is 10.9 Å². The van der Waals surface area contributed by atoms with Crippen LogP contribution in [0.3, 0.4) is 0 Å². The third-order valence-electron chi connectivity index (χ3n) is 4.53. The van der Waals surface area contributed by atoms with Gasteiger partial charge in [-0.2, -0.15) is 4.98 Å². The van der Waals surface area contributed by atoms with Crippen molar-refractivity contribution >= 4 is 17.2 Å². The van der Waals surface area contributed by atoms with Crippen LogP contribution in [0, 0.1) is 13.8 Å². The maximum atomic E-state index is 12.8. The first-order valence-electron chi connectivity index (χ1n) is 8.18. The van der Waals surface area contributed by atoms with Crippen molar-refractivity contribution in [2.24, 2.45) is 0 Å². The molecule has 2 atom stereocenters. The summed E-state index contributed by atoms with van der Waals surface area (Å²) >= 11 is 1.49. The number of carbonyl (C=O) groups excluding carboxylic acids is 1. The van der Waals surface area contributed by atoms with Crippen molar-refractivity contribution in [3.8, 4) is 0 Å². The highest BCUT2D eigenvalue weighted by molar-refractivity contribution is 7.09. The summed E-state index contributed by atoms with van der Waals surface area (Å²) in [6.07, 6.45) is 0. The van der Waals surface area contributed by atoms with Crippen molar-refractivity contribution in [3.05, 3.63) is 63.7 Å². The Balaban J connectivity index is 1.65. The number of likely N-dealkylation sites (tertiary alicyclic amines) is 1. The minimum absolute atomic E-state index is 0.00715. The fourth-order valence-electron chi connectivity index (χ4n) is 3.35. The highest BCUT2D eigenvalue weighted by Crippen LogP contribution is 2.39. The van der Waals surface area contributed by atoms with Gasteiger partial charge < -0.3 is 9.42 Å². The van der Waals surface area contributed by atoms with Crippen LogP contribution in [0.2, 0.25) is 0 Å². The molecule has 3 heterocycles.